The molecule has 0 fully saturated rings. The summed E-state index contributed by atoms with van der Waals surface area (Å²) >= 11 is 2.55. The van der Waals surface area contributed by atoms with E-state index in [1.165, 1.54) is 30.0 Å². The van der Waals surface area contributed by atoms with E-state index < -0.39 is 0 Å². The third kappa shape index (κ3) is 5.04. The molecule has 0 saturated heterocycles. The zero-order valence-electron chi connectivity index (χ0n) is 13.2. The molecule has 2 rings (SSSR count). The number of aromatic nitrogens is 2. The van der Waals surface area contributed by atoms with Crippen LogP contribution in [-0.4, -0.2) is 27.8 Å². The number of hydrogen-bond donors (Lipinski definition) is 2. The predicted molar refractivity (Wildman–Crippen MR) is 94.1 cm³/mol. The highest BCUT2D eigenvalue weighted by molar-refractivity contribution is 8.01. The van der Waals surface area contributed by atoms with Gasteiger partial charge in [0.1, 0.15) is 0 Å². The number of para-hydroxylation sites is 1. The minimum atomic E-state index is -0.193. The summed E-state index contributed by atoms with van der Waals surface area (Å²) in [6.07, 6.45) is 0.862. The SMILES string of the molecule is CCc1cccc(C)c1NC(=O)CSc1nnc(NC(C)=O)s1. The van der Waals surface area contributed by atoms with E-state index in [0.717, 1.165) is 23.2 Å². The van der Waals surface area contributed by atoms with Crippen LogP contribution in [0.4, 0.5) is 10.8 Å². The van der Waals surface area contributed by atoms with Crippen molar-refractivity contribution in [1.29, 1.82) is 0 Å². The number of nitrogens with one attached hydrogen (secondary N) is 2. The molecule has 0 spiro atoms. The van der Waals surface area contributed by atoms with Gasteiger partial charge < -0.3 is 10.6 Å². The highest BCUT2D eigenvalue weighted by atomic mass is 32.2. The Morgan fingerprint density at radius 3 is 2.74 bits per heavy atom. The summed E-state index contributed by atoms with van der Waals surface area (Å²) in [5.41, 5.74) is 3.05. The van der Waals surface area contributed by atoms with Crippen molar-refractivity contribution in [1.82, 2.24) is 10.2 Å². The van der Waals surface area contributed by atoms with Gasteiger partial charge in [-0.05, 0) is 24.5 Å². The summed E-state index contributed by atoms with van der Waals surface area (Å²) in [6.45, 7) is 5.45. The van der Waals surface area contributed by atoms with Gasteiger partial charge in [0.2, 0.25) is 16.9 Å². The highest BCUT2D eigenvalue weighted by Gasteiger charge is 2.11. The van der Waals surface area contributed by atoms with Crippen LogP contribution in [-0.2, 0) is 16.0 Å². The van der Waals surface area contributed by atoms with Crippen molar-refractivity contribution >= 4 is 45.7 Å². The van der Waals surface area contributed by atoms with Crippen LogP contribution >= 0.6 is 23.1 Å². The van der Waals surface area contributed by atoms with Gasteiger partial charge in [-0.2, -0.15) is 0 Å². The first-order valence-corrected chi connectivity index (χ1v) is 8.92. The molecule has 0 radical (unpaired) electrons. The number of thioether (sulfide) groups is 1. The van der Waals surface area contributed by atoms with Gasteiger partial charge in [-0.15, -0.1) is 10.2 Å². The van der Waals surface area contributed by atoms with E-state index in [1.807, 2.05) is 25.1 Å². The van der Waals surface area contributed by atoms with Crippen LogP contribution in [0, 0.1) is 6.92 Å². The molecule has 23 heavy (non-hydrogen) atoms. The molecule has 2 N–H and O–H groups in total. The molecular formula is C15H18N4O2S2. The van der Waals surface area contributed by atoms with Gasteiger partial charge >= 0.3 is 0 Å². The summed E-state index contributed by atoms with van der Waals surface area (Å²) in [4.78, 5) is 23.1. The second-order valence-corrected chi connectivity index (χ2v) is 7.05. The molecule has 1 aromatic carbocycles. The number of nitrogens with zero attached hydrogens (tertiary/aromatic N) is 2. The third-order valence-corrected chi connectivity index (χ3v) is 4.99. The average Bonchev–Trinajstić information content (AvgIpc) is 2.94. The van der Waals surface area contributed by atoms with Gasteiger partial charge in [0.15, 0.2) is 4.34 Å². The lowest BCUT2D eigenvalue weighted by Gasteiger charge is -2.12. The zero-order chi connectivity index (χ0) is 16.8. The Morgan fingerprint density at radius 1 is 1.26 bits per heavy atom. The molecule has 0 aliphatic rings. The van der Waals surface area contributed by atoms with Crippen LogP contribution in [0.25, 0.3) is 0 Å². The molecule has 0 saturated carbocycles. The van der Waals surface area contributed by atoms with E-state index in [0.29, 0.717) is 9.47 Å². The van der Waals surface area contributed by atoms with Gasteiger partial charge in [-0.3, -0.25) is 9.59 Å². The summed E-state index contributed by atoms with van der Waals surface area (Å²) in [5.74, 6) is -0.0380. The molecule has 1 aromatic heterocycles. The largest absolute Gasteiger partial charge is 0.325 e. The monoisotopic (exact) mass is 350 g/mol. The maximum atomic E-state index is 12.1. The minimum Gasteiger partial charge on any atom is -0.325 e. The van der Waals surface area contributed by atoms with Crippen molar-refractivity contribution in [3.8, 4) is 0 Å². The smallest absolute Gasteiger partial charge is 0.234 e. The summed E-state index contributed by atoms with van der Waals surface area (Å²) < 4.78 is 0.643. The van der Waals surface area contributed by atoms with Crippen LogP contribution in [0.1, 0.15) is 25.0 Å². The molecule has 122 valence electrons. The minimum absolute atomic E-state index is 0.0877. The number of carbonyl (C=O) groups excluding carboxylic acids is 2. The maximum Gasteiger partial charge on any atom is 0.234 e. The standard InChI is InChI=1S/C15H18N4O2S2/c1-4-11-7-5-6-9(2)13(11)17-12(21)8-22-15-19-18-14(23-15)16-10(3)20/h5-7H,4,8H2,1-3H3,(H,17,21)(H,16,18,20). The molecule has 0 aliphatic carbocycles. The molecule has 0 bridgehead atoms. The predicted octanol–water partition coefficient (Wildman–Crippen LogP) is 3.10. The fourth-order valence-electron chi connectivity index (χ4n) is 1.97. The van der Waals surface area contributed by atoms with E-state index in [4.69, 9.17) is 0 Å². The van der Waals surface area contributed by atoms with E-state index in [-0.39, 0.29) is 17.6 Å². The topological polar surface area (TPSA) is 84.0 Å². The number of amides is 2. The number of hydrogen-bond acceptors (Lipinski definition) is 6. The van der Waals surface area contributed by atoms with Gasteiger partial charge in [-0.25, -0.2) is 0 Å². The maximum absolute atomic E-state index is 12.1. The summed E-state index contributed by atoms with van der Waals surface area (Å²) in [7, 11) is 0. The van der Waals surface area contributed by atoms with Crippen molar-refractivity contribution in [3.05, 3.63) is 29.3 Å². The lowest BCUT2D eigenvalue weighted by molar-refractivity contribution is -0.114. The van der Waals surface area contributed by atoms with Crippen molar-refractivity contribution in [3.63, 3.8) is 0 Å². The molecule has 0 atom stereocenters. The first kappa shape index (κ1) is 17.4. The summed E-state index contributed by atoms with van der Waals surface area (Å²) in [5, 5.41) is 13.8. The lowest BCUT2D eigenvalue weighted by atomic mass is 10.1. The normalized spacial score (nSPS) is 10.4. The van der Waals surface area contributed by atoms with Gasteiger partial charge in [-0.1, -0.05) is 48.2 Å². The summed E-state index contributed by atoms with van der Waals surface area (Å²) in [6, 6.07) is 5.98. The van der Waals surface area contributed by atoms with Crippen molar-refractivity contribution in [2.24, 2.45) is 0 Å². The number of benzene rings is 1. The Labute approximate surface area is 143 Å². The molecule has 1 heterocycles. The third-order valence-electron chi connectivity index (χ3n) is 3.02. The molecule has 6 nitrogen and oxygen atoms in total. The van der Waals surface area contributed by atoms with Crippen LogP contribution in [0.2, 0.25) is 0 Å². The molecule has 0 unspecified atom stereocenters. The Hall–Kier alpha value is -1.93. The molecule has 0 aliphatic heterocycles. The Kier molecular flexibility index (Phi) is 6.12. The van der Waals surface area contributed by atoms with E-state index in [9.17, 15) is 9.59 Å². The lowest BCUT2D eigenvalue weighted by Crippen LogP contribution is -2.16. The Balaban J connectivity index is 1.93. The molecular weight excluding hydrogens is 332 g/mol. The van der Waals surface area contributed by atoms with Crippen LogP contribution in [0.5, 0.6) is 0 Å². The van der Waals surface area contributed by atoms with E-state index >= 15 is 0 Å². The van der Waals surface area contributed by atoms with Crippen LogP contribution in [0.15, 0.2) is 22.5 Å². The Bertz CT molecular complexity index is 715. The van der Waals surface area contributed by atoms with E-state index in [1.54, 1.807) is 0 Å². The fraction of sp³-hybridized carbons (Fsp3) is 0.333. The van der Waals surface area contributed by atoms with Crippen molar-refractivity contribution in [2.75, 3.05) is 16.4 Å². The number of rotatable bonds is 6. The highest BCUT2D eigenvalue weighted by Crippen LogP contribution is 2.26. The molecule has 2 aromatic rings. The first-order chi connectivity index (χ1) is 11.0. The van der Waals surface area contributed by atoms with Crippen molar-refractivity contribution in [2.45, 2.75) is 31.5 Å². The number of carbonyl (C=O) groups is 2. The first-order valence-electron chi connectivity index (χ1n) is 7.11. The van der Waals surface area contributed by atoms with Gasteiger partial charge in [0.25, 0.3) is 0 Å². The van der Waals surface area contributed by atoms with Crippen molar-refractivity contribution < 1.29 is 9.59 Å². The average molecular weight is 350 g/mol. The van der Waals surface area contributed by atoms with Crippen LogP contribution < -0.4 is 10.6 Å². The second kappa shape index (κ2) is 8.07. The van der Waals surface area contributed by atoms with Gasteiger partial charge in [0, 0.05) is 12.6 Å². The van der Waals surface area contributed by atoms with Gasteiger partial charge in [0.05, 0.1) is 5.75 Å². The quantitative estimate of drug-likeness (QED) is 0.618. The molecule has 8 heteroatoms. The van der Waals surface area contributed by atoms with E-state index in [2.05, 4.69) is 27.8 Å². The second-order valence-electron chi connectivity index (χ2n) is 4.85. The van der Waals surface area contributed by atoms with Crippen LogP contribution in [0.3, 0.4) is 0 Å². The number of anilines is 2. The Morgan fingerprint density at radius 2 is 2.04 bits per heavy atom. The fourth-order valence-corrected chi connectivity index (χ4v) is 3.57. The zero-order valence-corrected chi connectivity index (χ0v) is 14.8. The molecule has 2 amide bonds. The number of aryl methyl sites for hydroxylation is 2.